The average Bonchev–Trinajstić information content (AvgIpc) is 1.82. The van der Waals surface area contributed by atoms with Crippen molar-refractivity contribution in [2.45, 2.75) is 32.2 Å². The van der Waals surface area contributed by atoms with Crippen molar-refractivity contribution in [2.75, 3.05) is 0 Å². The maximum Gasteiger partial charge on any atom is 0.111 e. The molecule has 0 aromatic rings. The molecule has 1 unspecified atom stereocenters. The smallest absolute Gasteiger partial charge is 0.111 e. The topological polar surface area (TPSA) is 49.8 Å². The molecule has 0 saturated carbocycles. The Kier molecular flexibility index (Phi) is 4.62. The van der Waals surface area contributed by atoms with Gasteiger partial charge in [-0.1, -0.05) is 32.0 Å². The second kappa shape index (κ2) is 4.70. The Morgan fingerprint density at radius 3 is 2.67 bits per heavy atom. The number of hydrogen-bond acceptors (Lipinski definition) is 2. The predicted molar refractivity (Wildman–Crippen MR) is 43.2 cm³/mol. The molecule has 0 aliphatic rings. The largest absolute Gasteiger partial charge is 0.322 e. The van der Waals surface area contributed by atoms with Gasteiger partial charge in [-0.3, -0.25) is 5.73 Å². The minimum atomic E-state index is -0.181. The molecule has 0 spiro atoms. The summed E-state index contributed by atoms with van der Waals surface area (Å²) < 4.78 is 0. The van der Waals surface area contributed by atoms with Gasteiger partial charge in [0, 0.05) is 0 Å². The van der Waals surface area contributed by atoms with Crippen LogP contribution in [0.3, 0.4) is 0 Å². The van der Waals surface area contributed by atoms with Crippen LogP contribution in [-0.2, 0) is 0 Å². The molecule has 0 saturated heterocycles. The summed E-state index contributed by atoms with van der Waals surface area (Å²) in [6, 6.07) is -0.181. The van der Waals surface area contributed by atoms with Crippen molar-refractivity contribution in [3.05, 3.63) is 0 Å². The van der Waals surface area contributed by atoms with Crippen molar-refractivity contribution in [1.29, 1.82) is 0 Å². The summed E-state index contributed by atoms with van der Waals surface area (Å²) in [7, 11) is 0. The number of thiocarbonyl (C=S) groups is 1. The van der Waals surface area contributed by atoms with Crippen molar-refractivity contribution in [3.8, 4) is 0 Å². The quantitative estimate of drug-likeness (QED) is 0.602. The van der Waals surface area contributed by atoms with E-state index in [0.717, 1.165) is 19.3 Å². The lowest BCUT2D eigenvalue weighted by Gasteiger charge is -2.05. The molecule has 1 atom stereocenters. The number of nitrogens with two attached hydrogens (primary N) is 1. The molecule has 2 nitrogen and oxygen atoms in total. The van der Waals surface area contributed by atoms with Crippen LogP contribution in [0, 0.1) is 0 Å². The number of unbranched alkanes of at least 4 members (excludes halogenated alkanes) is 1. The van der Waals surface area contributed by atoms with Gasteiger partial charge in [0.15, 0.2) is 0 Å². The summed E-state index contributed by atoms with van der Waals surface area (Å²) >= 11 is 4.57. The molecule has 0 aromatic carbocycles. The molecule has 0 aliphatic carbocycles. The lowest BCUT2D eigenvalue weighted by molar-refractivity contribution is 0.676. The third-order valence-corrected chi connectivity index (χ3v) is 1.51. The Hall–Kier alpha value is -0.150. The summed E-state index contributed by atoms with van der Waals surface area (Å²) in [6.45, 7) is 2.10. The number of rotatable bonds is 4. The van der Waals surface area contributed by atoms with E-state index in [4.69, 9.17) is 11.5 Å². The minimum Gasteiger partial charge on any atom is -0.322 e. The Morgan fingerprint density at radius 1 is 1.78 bits per heavy atom. The van der Waals surface area contributed by atoms with Crippen LogP contribution in [0.1, 0.15) is 26.2 Å². The Bertz CT molecular complexity index is 93.1. The van der Waals surface area contributed by atoms with Gasteiger partial charge in [-0.05, 0) is 6.42 Å². The van der Waals surface area contributed by atoms with Gasteiger partial charge in [0.05, 0.1) is 6.04 Å². The third-order valence-electron chi connectivity index (χ3n) is 1.21. The van der Waals surface area contributed by atoms with Gasteiger partial charge < -0.3 is 5.73 Å². The molecule has 0 aromatic heterocycles. The number of nitrogens with one attached hydrogen (secondary N) is 1. The van der Waals surface area contributed by atoms with Crippen molar-refractivity contribution in [1.82, 2.24) is 5.73 Å². The van der Waals surface area contributed by atoms with E-state index >= 15 is 0 Å². The molecule has 53 valence electrons. The van der Waals surface area contributed by atoms with E-state index < -0.39 is 0 Å². The Labute approximate surface area is 61.6 Å². The highest BCUT2D eigenvalue weighted by molar-refractivity contribution is 7.80. The van der Waals surface area contributed by atoms with E-state index in [2.05, 4.69) is 19.1 Å². The molecule has 9 heavy (non-hydrogen) atoms. The third kappa shape index (κ3) is 4.36. The van der Waals surface area contributed by atoms with Gasteiger partial charge in [0.25, 0.3) is 0 Å². The van der Waals surface area contributed by atoms with Gasteiger partial charge in [-0.2, -0.15) is 0 Å². The summed E-state index contributed by atoms with van der Waals surface area (Å²) in [6.07, 6.45) is 3.05. The van der Waals surface area contributed by atoms with Crippen LogP contribution in [0.15, 0.2) is 0 Å². The molecule has 0 heterocycles. The molecule has 0 aliphatic heterocycles. The molecule has 0 amide bonds. The fourth-order valence-electron chi connectivity index (χ4n) is 0.555. The molecule has 0 rings (SSSR count). The van der Waals surface area contributed by atoms with Crippen molar-refractivity contribution >= 4 is 17.2 Å². The van der Waals surface area contributed by atoms with Crippen LogP contribution in [0.2, 0.25) is 0 Å². The summed E-state index contributed by atoms with van der Waals surface area (Å²) in [5.74, 6) is 0. The van der Waals surface area contributed by atoms with Gasteiger partial charge in [-0.15, -0.1) is 0 Å². The summed E-state index contributed by atoms with van der Waals surface area (Å²) in [5.41, 5.74) is 12.4. The van der Waals surface area contributed by atoms with E-state index in [-0.39, 0.29) is 11.0 Å². The van der Waals surface area contributed by atoms with Crippen molar-refractivity contribution in [3.63, 3.8) is 0 Å². The second-order valence-corrected chi connectivity index (χ2v) is 2.55. The van der Waals surface area contributed by atoms with Crippen LogP contribution in [0.4, 0.5) is 0 Å². The van der Waals surface area contributed by atoms with Gasteiger partial charge in [0.1, 0.15) is 4.99 Å². The first-order valence-electron chi connectivity index (χ1n) is 3.19. The highest BCUT2D eigenvalue weighted by atomic mass is 32.1. The molecular weight excluding hydrogens is 132 g/mol. The van der Waals surface area contributed by atoms with Gasteiger partial charge >= 0.3 is 0 Å². The van der Waals surface area contributed by atoms with E-state index in [9.17, 15) is 0 Å². The minimum absolute atomic E-state index is 0.181. The maximum absolute atomic E-state index is 6.97. The molecular formula is C6H13N2S. The first-order chi connectivity index (χ1) is 4.18. The van der Waals surface area contributed by atoms with Crippen molar-refractivity contribution < 1.29 is 0 Å². The standard InChI is InChI=1S/C6H13N2S/c1-2-3-4-5(7)6(8)9/h5,8H,2-4,7H2,1H3. The summed E-state index contributed by atoms with van der Waals surface area (Å²) in [5, 5.41) is 0. The zero-order valence-corrected chi connectivity index (χ0v) is 6.50. The maximum atomic E-state index is 6.97. The van der Waals surface area contributed by atoms with Crippen LogP contribution in [0.5, 0.6) is 0 Å². The Morgan fingerprint density at radius 2 is 2.33 bits per heavy atom. The zero-order chi connectivity index (χ0) is 7.28. The monoisotopic (exact) mass is 145 g/mol. The fraction of sp³-hybridized carbons (Fsp3) is 0.833. The van der Waals surface area contributed by atoms with Crippen LogP contribution < -0.4 is 11.5 Å². The van der Waals surface area contributed by atoms with Gasteiger partial charge in [0.2, 0.25) is 0 Å². The molecule has 0 fully saturated rings. The van der Waals surface area contributed by atoms with E-state index in [1.165, 1.54) is 0 Å². The first kappa shape index (κ1) is 8.85. The molecule has 1 radical (unpaired) electrons. The summed E-state index contributed by atoms with van der Waals surface area (Å²) in [4.78, 5) is 0.184. The lowest BCUT2D eigenvalue weighted by Crippen LogP contribution is -2.29. The van der Waals surface area contributed by atoms with Gasteiger partial charge in [-0.25, -0.2) is 0 Å². The molecule has 3 heteroatoms. The van der Waals surface area contributed by atoms with E-state index in [1.807, 2.05) is 0 Å². The van der Waals surface area contributed by atoms with Crippen LogP contribution in [0.25, 0.3) is 0 Å². The zero-order valence-electron chi connectivity index (χ0n) is 5.68. The normalized spacial score (nSPS) is 13.1. The SMILES string of the molecule is CCCCC(N)C([NH])=S. The highest BCUT2D eigenvalue weighted by Gasteiger charge is 2.03. The average molecular weight is 145 g/mol. The van der Waals surface area contributed by atoms with Crippen molar-refractivity contribution in [2.24, 2.45) is 5.73 Å². The van der Waals surface area contributed by atoms with Crippen LogP contribution in [-0.4, -0.2) is 11.0 Å². The van der Waals surface area contributed by atoms with Crippen LogP contribution >= 0.6 is 12.2 Å². The predicted octanol–water partition coefficient (Wildman–Crippen LogP) is 1.11. The Balaban J connectivity index is 3.27. The first-order valence-corrected chi connectivity index (χ1v) is 3.60. The second-order valence-electron chi connectivity index (χ2n) is 2.11. The molecule has 0 bridgehead atoms. The highest BCUT2D eigenvalue weighted by Crippen LogP contribution is 1.97. The van der Waals surface area contributed by atoms with E-state index in [1.54, 1.807) is 0 Å². The fourth-order valence-corrected chi connectivity index (χ4v) is 0.673. The molecule has 3 N–H and O–H groups in total. The number of hydrogen-bond donors (Lipinski definition) is 1. The van der Waals surface area contributed by atoms with E-state index in [0.29, 0.717) is 0 Å². The lowest BCUT2D eigenvalue weighted by atomic mass is 10.1.